The minimum absolute atomic E-state index is 0.407. The molecule has 5 nitrogen and oxygen atoms in total. The molecule has 0 spiro atoms. The Morgan fingerprint density at radius 3 is 2.68 bits per heavy atom. The Balaban J connectivity index is 1.90. The lowest BCUT2D eigenvalue weighted by Gasteiger charge is -2.26. The van der Waals surface area contributed by atoms with Gasteiger partial charge in [-0.05, 0) is 37.5 Å². The predicted octanol–water partition coefficient (Wildman–Crippen LogP) is 2.58. The van der Waals surface area contributed by atoms with E-state index in [9.17, 15) is 8.42 Å². The smallest absolute Gasteiger partial charge is 0.253 e. The zero-order valence-electron chi connectivity index (χ0n) is 12.9. The van der Waals surface area contributed by atoms with E-state index in [1.807, 2.05) is 33.2 Å². The highest BCUT2D eigenvalue weighted by atomic mass is 32.2. The van der Waals surface area contributed by atoms with E-state index in [4.69, 9.17) is 0 Å². The number of rotatable bonds is 3. The maximum absolute atomic E-state index is 12.9. The Hall–Kier alpha value is -1.44. The number of sulfonamides is 1. The van der Waals surface area contributed by atoms with E-state index in [0.29, 0.717) is 17.3 Å². The molecule has 0 saturated carbocycles. The molecule has 0 atom stereocenters. The van der Waals surface area contributed by atoms with Crippen molar-refractivity contribution in [3.63, 3.8) is 0 Å². The van der Waals surface area contributed by atoms with Crippen LogP contribution >= 0.6 is 11.3 Å². The molecule has 3 heterocycles. The molecule has 118 valence electrons. The topological polar surface area (TPSA) is 55.2 Å². The molecule has 2 aromatic rings. The number of nitrogens with zero attached hydrogens (tertiary/aromatic N) is 3. The summed E-state index contributed by atoms with van der Waals surface area (Å²) in [6.45, 7) is 4.74. The fourth-order valence-electron chi connectivity index (χ4n) is 2.71. The number of aryl methyl sites for hydroxylation is 3. The molecule has 0 bridgehead atoms. The van der Waals surface area contributed by atoms with Crippen molar-refractivity contribution in [1.82, 2.24) is 14.1 Å². The first-order chi connectivity index (χ1) is 10.4. The SMILES string of the molecule is Cc1cc(C)c(S(=O)(=O)N2CCC=C(c3cnn(C)c3)C2)s1. The van der Waals surface area contributed by atoms with E-state index in [0.717, 1.165) is 28.0 Å². The molecule has 1 aliphatic rings. The molecule has 0 amide bonds. The highest BCUT2D eigenvalue weighted by molar-refractivity contribution is 7.91. The lowest BCUT2D eigenvalue weighted by Crippen LogP contribution is -2.35. The average Bonchev–Trinajstić information content (AvgIpc) is 3.05. The quantitative estimate of drug-likeness (QED) is 0.865. The predicted molar refractivity (Wildman–Crippen MR) is 88.4 cm³/mol. The summed E-state index contributed by atoms with van der Waals surface area (Å²) in [5, 5.41) is 4.16. The minimum atomic E-state index is -3.42. The summed E-state index contributed by atoms with van der Waals surface area (Å²) in [6, 6.07) is 1.93. The first kappa shape index (κ1) is 15.5. The Labute approximate surface area is 134 Å². The summed E-state index contributed by atoms with van der Waals surface area (Å²) >= 11 is 1.35. The van der Waals surface area contributed by atoms with Crippen LogP contribution in [0.4, 0.5) is 0 Å². The minimum Gasteiger partial charge on any atom is -0.275 e. The van der Waals surface area contributed by atoms with Gasteiger partial charge in [-0.1, -0.05) is 6.08 Å². The van der Waals surface area contributed by atoms with Gasteiger partial charge in [-0.2, -0.15) is 9.40 Å². The van der Waals surface area contributed by atoms with E-state index in [1.165, 1.54) is 11.3 Å². The van der Waals surface area contributed by atoms with Crippen LogP contribution in [-0.4, -0.2) is 35.6 Å². The second kappa shape index (κ2) is 5.64. The van der Waals surface area contributed by atoms with Crippen LogP contribution in [-0.2, 0) is 17.1 Å². The van der Waals surface area contributed by atoms with Gasteiger partial charge >= 0.3 is 0 Å². The Morgan fingerprint density at radius 2 is 2.09 bits per heavy atom. The van der Waals surface area contributed by atoms with Crippen LogP contribution in [0.1, 0.15) is 22.4 Å². The molecular weight excluding hydrogens is 318 g/mol. The third-order valence-corrected chi connectivity index (χ3v) is 7.37. The Morgan fingerprint density at radius 1 is 1.32 bits per heavy atom. The van der Waals surface area contributed by atoms with E-state index in [-0.39, 0.29) is 0 Å². The molecule has 0 aromatic carbocycles. The molecule has 0 N–H and O–H groups in total. The zero-order valence-corrected chi connectivity index (χ0v) is 14.5. The molecule has 22 heavy (non-hydrogen) atoms. The van der Waals surface area contributed by atoms with Crippen LogP contribution in [0, 0.1) is 13.8 Å². The average molecular weight is 337 g/mol. The van der Waals surface area contributed by atoms with Crippen LogP contribution in [0.5, 0.6) is 0 Å². The normalized spacial score (nSPS) is 16.8. The van der Waals surface area contributed by atoms with E-state index in [2.05, 4.69) is 11.2 Å². The van der Waals surface area contributed by atoms with E-state index in [1.54, 1.807) is 15.2 Å². The summed E-state index contributed by atoms with van der Waals surface area (Å²) in [6.07, 6.45) is 6.54. The van der Waals surface area contributed by atoms with E-state index < -0.39 is 10.0 Å². The summed E-state index contributed by atoms with van der Waals surface area (Å²) in [4.78, 5) is 1.02. The van der Waals surface area contributed by atoms with Crippen LogP contribution in [0.3, 0.4) is 0 Å². The van der Waals surface area contributed by atoms with Gasteiger partial charge in [0, 0.05) is 36.8 Å². The van der Waals surface area contributed by atoms with Gasteiger partial charge in [0.2, 0.25) is 0 Å². The van der Waals surface area contributed by atoms with Crippen LogP contribution in [0.2, 0.25) is 0 Å². The standard InChI is InChI=1S/C15H19N3O2S2/c1-11-7-12(2)21-15(11)22(19,20)18-6-4-5-13(10-18)14-8-16-17(3)9-14/h5,7-9H,4,6,10H2,1-3H3. The molecule has 0 aliphatic carbocycles. The van der Waals surface area contributed by atoms with Crippen molar-refractivity contribution in [1.29, 1.82) is 0 Å². The Bertz CT molecular complexity index is 831. The van der Waals surface area contributed by atoms with Crippen molar-refractivity contribution in [3.05, 3.63) is 40.5 Å². The van der Waals surface area contributed by atoms with E-state index >= 15 is 0 Å². The summed E-state index contributed by atoms with van der Waals surface area (Å²) < 4.78 is 29.6. The van der Waals surface area contributed by atoms with Crippen molar-refractivity contribution in [2.24, 2.45) is 7.05 Å². The molecule has 2 aromatic heterocycles. The van der Waals surface area contributed by atoms with Gasteiger partial charge in [-0.3, -0.25) is 4.68 Å². The third kappa shape index (κ3) is 2.76. The monoisotopic (exact) mass is 337 g/mol. The van der Waals surface area contributed by atoms with Gasteiger partial charge in [-0.15, -0.1) is 11.3 Å². The number of thiophene rings is 1. The second-order valence-corrected chi connectivity index (χ2v) is 8.98. The molecule has 0 radical (unpaired) electrons. The van der Waals surface area contributed by atoms with Gasteiger partial charge in [0.15, 0.2) is 0 Å². The van der Waals surface area contributed by atoms with Gasteiger partial charge in [0.05, 0.1) is 6.20 Å². The van der Waals surface area contributed by atoms with Crippen molar-refractivity contribution < 1.29 is 8.42 Å². The first-order valence-corrected chi connectivity index (χ1v) is 9.39. The van der Waals surface area contributed by atoms with Crippen molar-refractivity contribution >= 4 is 26.9 Å². The summed E-state index contributed by atoms with van der Waals surface area (Å²) in [7, 11) is -1.56. The molecular formula is C15H19N3O2S2. The fraction of sp³-hybridized carbons (Fsp3) is 0.400. The Kier molecular flexibility index (Phi) is 3.96. The highest BCUT2D eigenvalue weighted by Crippen LogP contribution is 2.31. The molecule has 7 heteroatoms. The summed E-state index contributed by atoms with van der Waals surface area (Å²) in [5.74, 6) is 0. The maximum atomic E-state index is 12.9. The van der Waals surface area contributed by atoms with Gasteiger partial charge in [-0.25, -0.2) is 8.42 Å². The molecule has 1 aliphatic heterocycles. The largest absolute Gasteiger partial charge is 0.275 e. The lowest BCUT2D eigenvalue weighted by atomic mass is 10.1. The zero-order chi connectivity index (χ0) is 15.9. The second-order valence-electron chi connectivity index (χ2n) is 5.59. The lowest BCUT2D eigenvalue weighted by molar-refractivity contribution is 0.444. The number of aromatic nitrogens is 2. The van der Waals surface area contributed by atoms with Crippen molar-refractivity contribution in [2.75, 3.05) is 13.1 Å². The first-order valence-electron chi connectivity index (χ1n) is 7.13. The van der Waals surface area contributed by atoms with Crippen molar-refractivity contribution in [2.45, 2.75) is 24.5 Å². The fourth-order valence-corrected chi connectivity index (χ4v) is 5.95. The van der Waals surface area contributed by atoms with Crippen molar-refractivity contribution in [3.8, 4) is 0 Å². The summed E-state index contributed by atoms with van der Waals surface area (Å²) in [5.41, 5.74) is 2.84. The van der Waals surface area contributed by atoms with Gasteiger partial charge in [0.1, 0.15) is 4.21 Å². The van der Waals surface area contributed by atoms with Gasteiger partial charge in [0.25, 0.3) is 10.0 Å². The number of hydrogen-bond donors (Lipinski definition) is 0. The molecule has 0 fully saturated rings. The number of hydrogen-bond acceptors (Lipinski definition) is 4. The van der Waals surface area contributed by atoms with Crippen LogP contribution in [0.15, 0.2) is 28.7 Å². The molecule has 0 unspecified atom stereocenters. The molecule has 3 rings (SSSR count). The highest BCUT2D eigenvalue weighted by Gasteiger charge is 2.30. The van der Waals surface area contributed by atoms with Crippen LogP contribution < -0.4 is 0 Å². The third-order valence-electron chi connectivity index (χ3n) is 3.76. The van der Waals surface area contributed by atoms with Gasteiger partial charge < -0.3 is 0 Å². The van der Waals surface area contributed by atoms with Crippen LogP contribution in [0.25, 0.3) is 5.57 Å². The maximum Gasteiger partial charge on any atom is 0.253 e. The molecule has 0 saturated heterocycles.